The Balaban J connectivity index is 4.43. The molecule has 1 N–H and O–H groups in total. The van der Waals surface area contributed by atoms with Crippen LogP contribution in [0.25, 0.3) is 0 Å². The van der Waals surface area contributed by atoms with Crippen LogP contribution in [0.15, 0.2) is 11.1 Å². The predicted molar refractivity (Wildman–Crippen MR) is 78.7 cm³/mol. The van der Waals surface area contributed by atoms with E-state index < -0.39 is 5.60 Å². The molecule has 0 bridgehead atoms. The fraction of sp³-hybridized carbons (Fsp3) is 0.800. The summed E-state index contributed by atoms with van der Waals surface area (Å²) in [6.07, 6.45) is 2.44. The fourth-order valence-electron chi connectivity index (χ4n) is 0.932. The number of alkyl halides is 3. The predicted octanol–water partition coefficient (Wildman–Crippen LogP) is 4.58. The molecule has 0 aliphatic rings. The molecule has 0 aromatic carbocycles. The van der Waals surface area contributed by atoms with Crippen molar-refractivity contribution in [3.63, 3.8) is 0 Å². The van der Waals surface area contributed by atoms with E-state index in [0.29, 0.717) is 0 Å². The molecule has 0 saturated heterocycles. The third-order valence-corrected chi connectivity index (χ3v) is 5.80. The average molecular weight is 427 g/mol. The maximum absolute atomic E-state index is 10.1. The summed E-state index contributed by atoms with van der Waals surface area (Å²) in [5, 5.41) is 10.1. The van der Waals surface area contributed by atoms with Crippen LogP contribution in [0.3, 0.4) is 0 Å². The van der Waals surface area contributed by atoms with Crippen molar-refractivity contribution in [2.75, 3.05) is 0 Å². The van der Waals surface area contributed by atoms with Gasteiger partial charge in [-0.1, -0.05) is 47.8 Å². The molecule has 0 rings (SSSR count). The summed E-state index contributed by atoms with van der Waals surface area (Å²) in [4.78, 5) is 1.41. The quantitative estimate of drug-likeness (QED) is 0.637. The summed E-state index contributed by atoms with van der Waals surface area (Å²) < 4.78 is 0. The van der Waals surface area contributed by atoms with Crippen LogP contribution in [0.2, 0.25) is 0 Å². The first kappa shape index (κ1) is 16.4. The molecule has 5 heteroatoms. The summed E-state index contributed by atoms with van der Waals surface area (Å²) in [5.41, 5.74) is -0.891. The summed E-state index contributed by atoms with van der Waals surface area (Å²) >= 11 is 16.4. The van der Waals surface area contributed by atoms with Gasteiger partial charge in [-0.25, -0.2) is 0 Å². The summed E-state index contributed by atoms with van der Waals surface area (Å²) in [6, 6.07) is 0. The molecule has 0 fully saturated rings. The fourth-order valence-corrected chi connectivity index (χ4v) is 2.96. The minimum absolute atomic E-state index is 0.0544. The van der Waals surface area contributed by atoms with Gasteiger partial charge in [-0.2, -0.15) is 0 Å². The molecular weight excluding hydrogens is 411 g/mol. The van der Waals surface area contributed by atoms with Gasteiger partial charge in [0.15, 0.2) is 0 Å². The van der Waals surface area contributed by atoms with Crippen molar-refractivity contribution in [2.24, 2.45) is 0 Å². The molecule has 1 nitrogen and oxygen atoms in total. The van der Waals surface area contributed by atoms with Crippen molar-refractivity contribution < 1.29 is 5.11 Å². The Hall–Kier alpha value is 1.43. The molecule has 3 atom stereocenters. The van der Waals surface area contributed by atoms with Gasteiger partial charge in [0.1, 0.15) is 0 Å². The maximum atomic E-state index is 10.1. The van der Waals surface area contributed by atoms with Crippen molar-refractivity contribution in [2.45, 2.75) is 47.3 Å². The Morgan fingerprint density at radius 1 is 1.27 bits per heavy atom. The van der Waals surface area contributed by atoms with Crippen LogP contribution in [-0.4, -0.2) is 25.2 Å². The summed E-state index contributed by atoms with van der Waals surface area (Å²) in [5.74, 6) is 0. The molecule has 0 radical (unpaired) electrons. The van der Waals surface area contributed by atoms with Gasteiger partial charge in [0.05, 0.1) is 10.5 Å². The van der Waals surface area contributed by atoms with E-state index in [1.165, 1.54) is 0 Å². The zero-order chi connectivity index (χ0) is 12.3. The van der Waals surface area contributed by atoms with Crippen molar-refractivity contribution in [1.82, 2.24) is 0 Å². The Labute approximate surface area is 122 Å². The molecular formula is C10H16Br3ClO. The summed E-state index contributed by atoms with van der Waals surface area (Å²) in [7, 11) is 0. The number of aliphatic hydroxyl groups is 1. The third kappa shape index (κ3) is 6.06. The highest BCUT2D eigenvalue weighted by Gasteiger charge is 2.33. The molecule has 0 aromatic rings. The van der Waals surface area contributed by atoms with Crippen LogP contribution in [0.5, 0.6) is 0 Å². The first-order chi connectivity index (χ1) is 6.61. The van der Waals surface area contributed by atoms with E-state index >= 15 is 0 Å². The van der Waals surface area contributed by atoms with Crippen molar-refractivity contribution in [3.8, 4) is 0 Å². The number of rotatable bonds is 5. The average Bonchev–Trinajstić information content (AvgIpc) is 2.01. The number of hydrogen-bond donors (Lipinski definition) is 1. The smallest absolute Gasteiger partial charge is 0.0932 e. The lowest BCUT2D eigenvalue weighted by molar-refractivity contribution is 0.108. The topological polar surface area (TPSA) is 20.2 Å². The molecule has 0 spiro atoms. The Morgan fingerprint density at radius 2 is 1.73 bits per heavy atom. The van der Waals surface area contributed by atoms with Crippen LogP contribution < -0.4 is 0 Å². The van der Waals surface area contributed by atoms with Crippen LogP contribution in [-0.2, 0) is 0 Å². The van der Waals surface area contributed by atoms with E-state index in [0.717, 1.165) is 6.42 Å². The molecule has 0 aliphatic carbocycles. The SMILES string of the molecule is CC(C)(Cl)C(Br)C[C@H](Br)[C@@](C)(O)/C=C/Br. The number of hydrogen-bond acceptors (Lipinski definition) is 1. The minimum Gasteiger partial charge on any atom is -0.385 e. The van der Waals surface area contributed by atoms with E-state index in [9.17, 15) is 5.11 Å². The van der Waals surface area contributed by atoms with Gasteiger partial charge in [-0.15, -0.1) is 11.6 Å². The van der Waals surface area contributed by atoms with E-state index in [1.54, 1.807) is 18.0 Å². The highest BCUT2D eigenvalue weighted by atomic mass is 79.9. The molecule has 0 amide bonds. The minimum atomic E-state index is -0.891. The first-order valence-electron chi connectivity index (χ1n) is 4.58. The normalized spacial score (nSPS) is 21.3. The van der Waals surface area contributed by atoms with Crippen LogP contribution in [0.4, 0.5) is 0 Å². The van der Waals surface area contributed by atoms with Crippen LogP contribution in [0.1, 0.15) is 27.2 Å². The van der Waals surface area contributed by atoms with Crippen LogP contribution in [0, 0.1) is 0 Å². The van der Waals surface area contributed by atoms with Crippen molar-refractivity contribution in [3.05, 3.63) is 11.1 Å². The lowest BCUT2D eigenvalue weighted by atomic mass is 9.95. The van der Waals surface area contributed by atoms with Gasteiger partial charge < -0.3 is 5.11 Å². The largest absolute Gasteiger partial charge is 0.385 e. The molecule has 90 valence electrons. The zero-order valence-electron chi connectivity index (χ0n) is 8.98. The second-order valence-electron chi connectivity index (χ2n) is 4.25. The monoisotopic (exact) mass is 424 g/mol. The number of halogens is 4. The van der Waals surface area contributed by atoms with Crippen molar-refractivity contribution in [1.29, 1.82) is 0 Å². The lowest BCUT2D eigenvalue weighted by Gasteiger charge is -2.31. The van der Waals surface area contributed by atoms with Gasteiger partial charge >= 0.3 is 0 Å². The van der Waals surface area contributed by atoms with E-state index in [2.05, 4.69) is 47.8 Å². The highest BCUT2D eigenvalue weighted by molar-refractivity contribution is 9.11. The summed E-state index contributed by atoms with van der Waals surface area (Å²) in [6.45, 7) is 5.65. The van der Waals surface area contributed by atoms with Crippen molar-refractivity contribution >= 4 is 59.4 Å². The van der Waals surface area contributed by atoms with Gasteiger partial charge in [0.2, 0.25) is 0 Å². The standard InChI is InChI=1S/C10H16Br3ClO/c1-9(2,14)7(12)6-8(13)10(3,15)4-5-11/h4-5,7-8,15H,6H2,1-3H3/b5-4+/t7?,8-,10-/m0/s1. The second kappa shape index (κ2) is 6.39. The Bertz CT molecular complexity index is 223. The van der Waals surface area contributed by atoms with Crippen LogP contribution >= 0.6 is 59.4 Å². The third-order valence-electron chi connectivity index (χ3n) is 2.19. The molecule has 1 unspecified atom stereocenters. The Kier molecular flexibility index (Phi) is 6.99. The van der Waals surface area contributed by atoms with E-state index in [1.807, 2.05) is 13.8 Å². The lowest BCUT2D eigenvalue weighted by Crippen LogP contribution is -2.38. The van der Waals surface area contributed by atoms with Gasteiger partial charge in [0.25, 0.3) is 0 Å². The van der Waals surface area contributed by atoms with E-state index in [4.69, 9.17) is 11.6 Å². The highest BCUT2D eigenvalue weighted by Crippen LogP contribution is 2.34. The molecule has 15 heavy (non-hydrogen) atoms. The molecule has 0 saturated carbocycles. The zero-order valence-corrected chi connectivity index (χ0v) is 14.5. The van der Waals surface area contributed by atoms with E-state index in [-0.39, 0.29) is 14.5 Å². The van der Waals surface area contributed by atoms with Gasteiger partial charge in [-0.3, -0.25) is 0 Å². The molecule has 0 aliphatic heterocycles. The van der Waals surface area contributed by atoms with Gasteiger partial charge in [0, 0.05) is 9.65 Å². The van der Waals surface area contributed by atoms with Gasteiger partial charge in [-0.05, 0) is 38.3 Å². The molecule has 0 heterocycles. The Morgan fingerprint density at radius 3 is 2.07 bits per heavy atom. The first-order valence-corrected chi connectivity index (χ1v) is 7.71. The second-order valence-corrected chi connectivity index (χ2v) is 7.97. The molecule has 0 aromatic heterocycles. The maximum Gasteiger partial charge on any atom is 0.0932 e.